The lowest BCUT2D eigenvalue weighted by atomic mass is 9.68. The molecule has 8 heteroatoms. The van der Waals surface area contributed by atoms with Crippen molar-refractivity contribution in [3.8, 4) is 0 Å². The van der Waals surface area contributed by atoms with E-state index in [-0.39, 0.29) is 0 Å². The molecule has 0 aliphatic rings. The zero-order valence-electron chi connectivity index (χ0n) is 21.8. The van der Waals surface area contributed by atoms with Crippen LogP contribution in [0.2, 0.25) is 0 Å². The Morgan fingerprint density at radius 2 is 0.947 bits per heavy atom. The molecule has 0 heterocycles. The van der Waals surface area contributed by atoms with Gasteiger partial charge in [0.25, 0.3) is 0 Å². The van der Waals surface area contributed by atoms with E-state index in [4.69, 9.17) is 14.2 Å². The van der Waals surface area contributed by atoms with Gasteiger partial charge >= 0.3 is 17.9 Å². The fourth-order valence-corrected chi connectivity index (χ4v) is 4.71. The van der Waals surface area contributed by atoms with Crippen LogP contribution in [0.5, 0.6) is 0 Å². The number of carbonyl (C=O) groups is 4. The standard InChI is InChI=1S/C30H31NO7/c1-20(24(26(32)36-2)27(33)37-3)25(28(34)38-4)31-29(35)30(21-14-8-5-9-15-21,22-16-10-6-11-17-22)23-18-12-7-13-19-23/h5-20,24-25H,1-4H3,(H,31,35)/t20-,25+/m0/s1. The summed E-state index contributed by atoms with van der Waals surface area (Å²) in [5, 5.41) is 2.81. The zero-order chi connectivity index (χ0) is 27.7. The topological polar surface area (TPSA) is 108 Å². The fraction of sp³-hybridized carbons (Fsp3) is 0.267. The van der Waals surface area contributed by atoms with E-state index >= 15 is 0 Å². The van der Waals surface area contributed by atoms with Crippen LogP contribution in [0.1, 0.15) is 23.6 Å². The number of hydrogen-bond acceptors (Lipinski definition) is 7. The number of esters is 3. The van der Waals surface area contributed by atoms with Crippen molar-refractivity contribution in [2.45, 2.75) is 18.4 Å². The third-order valence-electron chi connectivity index (χ3n) is 6.66. The van der Waals surface area contributed by atoms with Crippen LogP contribution in [-0.2, 0) is 38.8 Å². The quantitative estimate of drug-likeness (QED) is 0.190. The first-order chi connectivity index (χ1) is 18.3. The van der Waals surface area contributed by atoms with Crippen LogP contribution in [0, 0.1) is 11.8 Å². The molecule has 0 spiro atoms. The Kier molecular flexibility index (Phi) is 9.38. The van der Waals surface area contributed by atoms with Crippen LogP contribution >= 0.6 is 0 Å². The monoisotopic (exact) mass is 517 g/mol. The Hall–Kier alpha value is -4.46. The van der Waals surface area contributed by atoms with Gasteiger partial charge in [0.1, 0.15) is 11.5 Å². The predicted molar refractivity (Wildman–Crippen MR) is 140 cm³/mol. The highest BCUT2D eigenvalue weighted by atomic mass is 16.5. The highest BCUT2D eigenvalue weighted by molar-refractivity contribution is 6.00. The average Bonchev–Trinajstić information content (AvgIpc) is 2.97. The molecule has 3 aromatic carbocycles. The van der Waals surface area contributed by atoms with Crippen LogP contribution in [0.3, 0.4) is 0 Å². The normalized spacial score (nSPS) is 12.7. The predicted octanol–water partition coefficient (Wildman–Crippen LogP) is 3.28. The lowest BCUT2D eigenvalue weighted by molar-refractivity contribution is -0.163. The third-order valence-corrected chi connectivity index (χ3v) is 6.66. The van der Waals surface area contributed by atoms with E-state index in [9.17, 15) is 19.2 Å². The molecule has 0 saturated heterocycles. The Labute approximate surface area is 221 Å². The number of nitrogens with one attached hydrogen (secondary N) is 1. The number of benzene rings is 3. The van der Waals surface area contributed by atoms with Crippen molar-refractivity contribution < 1.29 is 33.4 Å². The summed E-state index contributed by atoms with van der Waals surface area (Å²) in [6.07, 6.45) is 0. The van der Waals surface area contributed by atoms with Gasteiger partial charge in [-0.3, -0.25) is 14.4 Å². The minimum Gasteiger partial charge on any atom is -0.468 e. The molecule has 0 unspecified atom stereocenters. The van der Waals surface area contributed by atoms with Crippen LogP contribution in [0.25, 0.3) is 0 Å². The molecule has 1 N–H and O–H groups in total. The molecule has 3 aromatic rings. The molecule has 0 fully saturated rings. The molecule has 2 atom stereocenters. The van der Waals surface area contributed by atoms with Gasteiger partial charge in [0.05, 0.1) is 21.3 Å². The lowest BCUT2D eigenvalue weighted by Gasteiger charge is -2.37. The Morgan fingerprint density at radius 3 is 1.26 bits per heavy atom. The number of carbonyl (C=O) groups excluding carboxylic acids is 4. The van der Waals surface area contributed by atoms with Gasteiger partial charge in [0, 0.05) is 5.92 Å². The molecule has 0 aromatic heterocycles. The Morgan fingerprint density at radius 1 is 0.605 bits per heavy atom. The smallest absolute Gasteiger partial charge is 0.328 e. The molecule has 0 bridgehead atoms. The van der Waals surface area contributed by atoms with Gasteiger partial charge in [-0.25, -0.2) is 4.79 Å². The number of ether oxygens (including phenoxy) is 3. The molecule has 3 rings (SSSR count). The van der Waals surface area contributed by atoms with Crippen molar-refractivity contribution in [1.29, 1.82) is 0 Å². The summed E-state index contributed by atoms with van der Waals surface area (Å²) >= 11 is 0. The highest BCUT2D eigenvalue weighted by Gasteiger charge is 2.48. The SMILES string of the molecule is COC(=O)C(C(=O)OC)[C@H](C)[C@@H](NC(=O)C(c1ccccc1)(c1ccccc1)c1ccccc1)C(=O)OC. The first kappa shape index (κ1) is 28.1. The van der Waals surface area contributed by atoms with E-state index in [0.717, 1.165) is 14.2 Å². The first-order valence-electron chi connectivity index (χ1n) is 12.0. The molecular formula is C30H31NO7. The van der Waals surface area contributed by atoms with Crippen molar-refractivity contribution in [2.24, 2.45) is 11.8 Å². The van der Waals surface area contributed by atoms with Gasteiger partial charge in [-0.2, -0.15) is 0 Å². The third kappa shape index (κ3) is 5.44. The van der Waals surface area contributed by atoms with Crippen molar-refractivity contribution in [1.82, 2.24) is 5.32 Å². The van der Waals surface area contributed by atoms with Crippen molar-refractivity contribution in [3.05, 3.63) is 108 Å². The van der Waals surface area contributed by atoms with Crippen LogP contribution in [0.4, 0.5) is 0 Å². The molecular weight excluding hydrogens is 486 g/mol. The van der Waals surface area contributed by atoms with E-state index in [1.54, 1.807) is 0 Å². The number of amides is 1. The number of hydrogen-bond donors (Lipinski definition) is 1. The largest absolute Gasteiger partial charge is 0.468 e. The lowest BCUT2D eigenvalue weighted by Crippen LogP contribution is -2.56. The van der Waals surface area contributed by atoms with Crippen LogP contribution < -0.4 is 5.32 Å². The van der Waals surface area contributed by atoms with Gasteiger partial charge in [0.2, 0.25) is 5.91 Å². The van der Waals surface area contributed by atoms with Crippen LogP contribution in [-0.4, -0.2) is 51.2 Å². The molecule has 0 radical (unpaired) electrons. The summed E-state index contributed by atoms with van der Waals surface area (Å²) in [4.78, 5) is 52.6. The van der Waals surface area contributed by atoms with Gasteiger partial charge < -0.3 is 19.5 Å². The van der Waals surface area contributed by atoms with Gasteiger partial charge in [0.15, 0.2) is 5.92 Å². The maximum atomic E-state index is 14.6. The van der Waals surface area contributed by atoms with Crippen LogP contribution in [0.15, 0.2) is 91.0 Å². The van der Waals surface area contributed by atoms with Crippen molar-refractivity contribution in [3.63, 3.8) is 0 Å². The number of methoxy groups -OCH3 is 3. The second kappa shape index (κ2) is 12.7. The molecule has 0 saturated carbocycles. The summed E-state index contributed by atoms with van der Waals surface area (Å²) in [5.74, 6) is -5.70. The molecule has 198 valence electrons. The van der Waals surface area contributed by atoms with Gasteiger partial charge in [-0.05, 0) is 16.7 Å². The summed E-state index contributed by atoms with van der Waals surface area (Å²) < 4.78 is 14.6. The van der Waals surface area contributed by atoms with Gasteiger partial charge in [-0.1, -0.05) is 97.9 Å². The van der Waals surface area contributed by atoms with E-state index in [1.807, 2.05) is 91.0 Å². The fourth-order valence-electron chi connectivity index (χ4n) is 4.71. The maximum Gasteiger partial charge on any atom is 0.328 e. The van der Waals surface area contributed by atoms with Crippen molar-refractivity contribution in [2.75, 3.05) is 21.3 Å². The van der Waals surface area contributed by atoms with Gasteiger partial charge in [-0.15, -0.1) is 0 Å². The zero-order valence-corrected chi connectivity index (χ0v) is 21.8. The first-order valence-corrected chi connectivity index (χ1v) is 12.0. The molecule has 1 amide bonds. The molecule has 0 aliphatic carbocycles. The second-order valence-corrected chi connectivity index (χ2v) is 8.71. The summed E-state index contributed by atoms with van der Waals surface area (Å²) in [7, 11) is 3.42. The van der Waals surface area contributed by atoms with E-state index in [0.29, 0.717) is 16.7 Å². The van der Waals surface area contributed by atoms with E-state index < -0.39 is 47.1 Å². The van der Waals surface area contributed by atoms with E-state index in [2.05, 4.69) is 5.32 Å². The average molecular weight is 518 g/mol. The Bertz CT molecular complexity index is 1130. The minimum atomic E-state index is -1.48. The Balaban J connectivity index is 2.22. The second-order valence-electron chi connectivity index (χ2n) is 8.71. The summed E-state index contributed by atoms with van der Waals surface area (Å²) in [5.41, 5.74) is 0.581. The minimum absolute atomic E-state index is 0.545. The highest BCUT2D eigenvalue weighted by Crippen LogP contribution is 2.40. The molecule has 8 nitrogen and oxygen atoms in total. The maximum absolute atomic E-state index is 14.6. The summed E-state index contributed by atoms with van der Waals surface area (Å²) in [6, 6.07) is 26.1. The number of rotatable bonds is 10. The van der Waals surface area contributed by atoms with E-state index in [1.165, 1.54) is 14.0 Å². The van der Waals surface area contributed by atoms with Crippen molar-refractivity contribution >= 4 is 23.8 Å². The summed E-state index contributed by atoms with van der Waals surface area (Å²) in [6.45, 7) is 1.48. The molecule has 0 aliphatic heterocycles. The molecule has 38 heavy (non-hydrogen) atoms.